The average Bonchev–Trinajstić information content (AvgIpc) is 2.45. The monoisotopic (exact) mass is 265 g/mol. The molecule has 3 nitrogen and oxygen atoms in total. The summed E-state index contributed by atoms with van der Waals surface area (Å²) in [5.74, 6) is 0.896. The molecule has 0 spiro atoms. The van der Waals surface area contributed by atoms with Crippen LogP contribution in [0.5, 0.6) is 5.75 Å². The van der Waals surface area contributed by atoms with Crippen LogP contribution in [-0.2, 0) is 4.74 Å². The first-order chi connectivity index (χ1) is 9.26. The number of methoxy groups -OCH3 is 1. The van der Waals surface area contributed by atoms with Gasteiger partial charge in [-0.3, -0.25) is 0 Å². The van der Waals surface area contributed by atoms with Crippen molar-refractivity contribution in [1.82, 2.24) is 5.32 Å². The van der Waals surface area contributed by atoms with Gasteiger partial charge < -0.3 is 14.8 Å². The zero-order valence-electron chi connectivity index (χ0n) is 12.6. The molecule has 1 N–H and O–H groups in total. The van der Waals surface area contributed by atoms with E-state index in [-0.39, 0.29) is 12.1 Å². The molecule has 0 bridgehead atoms. The molecule has 108 valence electrons. The maximum absolute atomic E-state index is 5.92. The van der Waals surface area contributed by atoms with Crippen LogP contribution in [-0.4, -0.2) is 26.4 Å². The molecule has 0 radical (unpaired) electrons. The minimum atomic E-state index is 0.210. The Morgan fingerprint density at radius 2 is 2.00 bits per heavy atom. The van der Waals surface area contributed by atoms with Gasteiger partial charge >= 0.3 is 0 Å². The second-order valence-electron chi connectivity index (χ2n) is 4.59. The third-order valence-corrected chi connectivity index (χ3v) is 3.20. The lowest BCUT2D eigenvalue weighted by atomic mass is 9.97. The van der Waals surface area contributed by atoms with Crippen LogP contribution in [0.15, 0.2) is 24.3 Å². The molecule has 0 aliphatic carbocycles. The average molecular weight is 265 g/mol. The van der Waals surface area contributed by atoms with Gasteiger partial charge in [-0.1, -0.05) is 32.4 Å². The molecule has 0 fully saturated rings. The molecule has 0 aliphatic heterocycles. The Labute approximate surface area is 117 Å². The number of benzene rings is 1. The summed E-state index contributed by atoms with van der Waals surface area (Å²) in [6.45, 7) is 8.05. The highest BCUT2D eigenvalue weighted by molar-refractivity contribution is 5.31. The minimum Gasteiger partial charge on any atom is -0.497 e. The first-order valence-electron chi connectivity index (χ1n) is 7.25. The molecule has 3 heteroatoms. The molecule has 2 atom stereocenters. The highest BCUT2D eigenvalue weighted by Crippen LogP contribution is 2.25. The fourth-order valence-corrected chi connectivity index (χ4v) is 2.36. The first-order valence-corrected chi connectivity index (χ1v) is 7.25. The van der Waals surface area contributed by atoms with Gasteiger partial charge in [0, 0.05) is 6.61 Å². The molecule has 2 unspecified atom stereocenters. The molecule has 1 rings (SSSR count). The lowest BCUT2D eigenvalue weighted by molar-refractivity contribution is 0.0279. The van der Waals surface area contributed by atoms with Gasteiger partial charge in [0.1, 0.15) is 5.75 Å². The maximum atomic E-state index is 5.92. The van der Waals surface area contributed by atoms with E-state index < -0.39 is 0 Å². The van der Waals surface area contributed by atoms with Crippen LogP contribution in [0.1, 0.15) is 45.2 Å². The third-order valence-electron chi connectivity index (χ3n) is 3.20. The van der Waals surface area contributed by atoms with E-state index in [1.807, 2.05) is 12.1 Å². The van der Waals surface area contributed by atoms with Gasteiger partial charge in [0.25, 0.3) is 0 Å². The quantitative estimate of drug-likeness (QED) is 0.740. The van der Waals surface area contributed by atoms with E-state index in [1.165, 1.54) is 5.56 Å². The Bertz CT molecular complexity index is 348. The Hall–Kier alpha value is -1.06. The van der Waals surface area contributed by atoms with E-state index >= 15 is 0 Å². The lowest BCUT2D eigenvalue weighted by Gasteiger charge is -2.28. The van der Waals surface area contributed by atoms with Crippen molar-refractivity contribution in [2.45, 2.75) is 45.8 Å². The molecule has 0 saturated carbocycles. The SMILES string of the molecule is CCCC(OCC)C(NCC)c1cccc(OC)c1. The number of nitrogens with one attached hydrogen (secondary N) is 1. The van der Waals surface area contributed by atoms with E-state index in [9.17, 15) is 0 Å². The molecule has 0 saturated heterocycles. The van der Waals surface area contributed by atoms with Crippen LogP contribution in [0.3, 0.4) is 0 Å². The van der Waals surface area contributed by atoms with Gasteiger partial charge in [-0.05, 0) is 37.6 Å². The fraction of sp³-hybridized carbons (Fsp3) is 0.625. The molecule has 19 heavy (non-hydrogen) atoms. The van der Waals surface area contributed by atoms with Crippen molar-refractivity contribution in [2.75, 3.05) is 20.3 Å². The van der Waals surface area contributed by atoms with Crippen LogP contribution < -0.4 is 10.1 Å². The van der Waals surface area contributed by atoms with Crippen LogP contribution in [0.2, 0.25) is 0 Å². The number of likely N-dealkylation sites (N-methyl/N-ethyl adjacent to an activating group) is 1. The van der Waals surface area contributed by atoms with Crippen LogP contribution in [0.25, 0.3) is 0 Å². The van der Waals surface area contributed by atoms with Crippen molar-refractivity contribution >= 4 is 0 Å². The van der Waals surface area contributed by atoms with Crippen molar-refractivity contribution in [1.29, 1.82) is 0 Å². The van der Waals surface area contributed by atoms with Crippen LogP contribution in [0.4, 0.5) is 0 Å². The molecule has 0 amide bonds. The molecular formula is C16H27NO2. The lowest BCUT2D eigenvalue weighted by Crippen LogP contribution is -2.34. The molecule has 0 heterocycles. The summed E-state index contributed by atoms with van der Waals surface area (Å²) in [7, 11) is 1.70. The Kier molecular flexibility index (Phi) is 7.53. The van der Waals surface area contributed by atoms with E-state index in [1.54, 1.807) is 7.11 Å². The third kappa shape index (κ3) is 4.84. The van der Waals surface area contributed by atoms with Crippen molar-refractivity contribution in [3.63, 3.8) is 0 Å². The molecule has 0 aliphatic rings. The molecule has 1 aromatic rings. The van der Waals surface area contributed by atoms with E-state index in [2.05, 4.69) is 38.2 Å². The maximum Gasteiger partial charge on any atom is 0.119 e. The second-order valence-corrected chi connectivity index (χ2v) is 4.59. The zero-order valence-corrected chi connectivity index (χ0v) is 12.6. The van der Waals surface area contributed by atoms with Crippen molar-refractivity contribution < 1.29 is 9.47 Å². The van der Waals surface area contributed by atoms with E-state index in [4.69, 9.17) is 9.47 Å². The van der Waals surface area contributed by atoms with E-state index in [0.29, 0.717) is 0 Å². The predicted molar refractivity (Wildman–Crippen MR) is 79.7 cm³/mol. The summed E-state index contributed by atoms with van der Waals surface area (Å²) in [5.41, 5.74) is 1.23. The predicted octanol–water partition coefficient (Wildman–Crippen LogP) is 3.55. The molecule has 0 aromatic heterocycles. The highest BCUT2D eigenvalue weighted by atomic mass is 16.5. The van der Waals surface area contributed by atoms with Gasteiger partial charge in [-0.15, -0.1) is 0 Å². The van der Waals surface area contributed by atoms with Crippen molar-refractivity contribution in [2.24, 2.45) is 0 Å². The summed E-state index contributed by atoms with van der Waals surface area (Å²) in [5, 5.41) is 3.54. The van der Waals surface area contributed by atoms with Gasteiger partial charge in [0.2, 0.25) is 0 Å². The Morgan fingerprint density at radius 1 is 1.21 bits per heavy atom. The second kappa shape index (κ2) is 8.94. The van der Waals surface area contributed by atoms with E-state index in [0.717, 1.165) is 31.7 Å². The van der Waals surface area contributed by atoms with Crippen LogP contribution >= 0.6 is 0 Å². The number of rotatable bonds is 9. The Balaban J connectivity index is 2.94. The minimum absolute atomic E-state index is 0.210. The number of hydrogen-bond acceptors (Lipinski definition) is 3. The Morgan fingerprint density at radius 3 is 2.58 bits per heavy atom. The molecule has 1 aromatic carbocycles. The summed E-state index contributed by atoms with van der Waals surface area (Å²) in [4.78, 5) is 0. The van der Waals surface area contributed by atoms with Gasteiger partial charge in [-0.2, -0.15) is 0 Å². The zero-order chi connectivity index (χ0) is 14.1. The van der Waals surface area contributed by atoms with Gasteiger partial charge in [-0.25, -0.2) is 0 Å². The largest absolute Gasteiger partial charge is 0.497 e. The summed E-state index contributed by atoms with van der Waals surface area (Å²) < 4.78 is 11.2. The summed E-state index contributed by atoms with van der Waals surface area (Å²) >= 11 is 0. The standard InChI is InChI=1S/C16H27NO2/c1-5-9-15(19-7-3)16(17-6-2)13-10-8-11-14(12-13)18-4/h8,10-12,15-17H,5-7,9H2,1-4H3. The van der Waals surface area contributed by atoms with Crippen molar-refractivity contribution in [3.8, 4) is 5.75 Å². The normalized spacial score (nSPS) is 14.1. The number of hydrogen-bond donors (Lipinski definition) is 1. The van der Waals surface area contributed by atoms with Gasteiger partial charge in [0.05, 0.1) is 19.3 Å². The van der Waals surface area contributed by atoms with Crippen molar-refractivity contribution in [3.05, 3.63) is 29.8 Å². The smallest absolute Gasteiger partial charge is 0.119 e. The van der Waals surface area contributed by atoms with Gasteiger partial charge in [0.15, 0.2) is 0 Å². The highest BCUT2D eigenvalue weighted by Gasteiger charge is 2.22. The topological polar surface area (TPSA) is 30.5 Å². The van der Waals surface area contributed by atoms with Crippen LogP contribution in [0, 0.1) is 0 Å². The number of ether oxygens (including phenoxy) is 2. The summed E-state index contributed by atoms with van der Waals surface area (Å²) in [6, 6.07) is 8.46. The first kappa shape index (κ1) is 16.0. The molecular weight excluding hydrogens is 238 g/mol. The fourth-order valence-electron chi connectivity index (χ4n) is 2.36. The summed E-state index contributed by atoms with van der Waals surface area (Å²) in [6.07, 6.45) is 2.39.